The highest BCUT2D eigenvalue weighted by Crippen LogP contribution is 2.25. The van der Waals surface area contributed by atoms with Gasteiger partial charge in [-0.05, 0) is 19.9 Å². The van der Waals surface area contributed by atoms with Crippen LogP contribution in [0.15, 0.2) is 6.20 Å². The van der Waals surface area contributed by atoms with Crippen molar-refractivity contribution in [3.05, 3.63) is 16.1 Å². The summed E-state index contributed by atoms with van der Waals surface area (Å²) in [7, 11) is 2.00. The highest BCUT2D eigenvalue weighted by atomic mass is 32.1. The molecule has 0 fully saturated rings. The van der Waals surface area contributed by atoms with Crippen molar-refractivity contribution >= 4 is 11.3 Å². The van der Waals surface area contributed by atoms with E-state index in [0.717, 1.165) is 5.01 Å². The second-order valence-corrected chi connectivity index (χ2v) is 4.56. The number of rotatable bonds is 3. The Kier molecular flexibility index (Phi) is 3.23. The zero-order chi connectivity index (χ0) is 9.14. The number of thiazole rings is 1. The minimum Gasteiger partial charge on any atom is -0.312 e. The van der Waals surface area contributed by atoms with E-state index in [0.29, 0.717) is 12.0 Å². The van der Waals surface area contributed by atoms with Gasteiger partial charge in [-0.1, -0.05) is 13.8 Å². The lowest BCUT2D eigenvalue weighted by Crippen LogP contribution is -2.20. The number of nitrogens with one attached hydrogen (secondary N) is 1. The first kappa shape index (κ1) is 9.68. The summed E-state index contributed by atoms with van der Waals surface area (Å²) in [6.07, 6.45) is 1.97. The Morgan fingerprint density at radius 3 is 2.50 bits per heavy atom. The molecule has 0 aliphatic carbocycles. The van der Waals surface area contributed by atoms with E-state index in [1.165, 1.54) is 4.88 Å². The summed E-state index contributed by atoms with van der Waals surface area (Å²) >= 11 is 1.78. The minimum absolute atomic E-state index is 0.455. The predicted molar refractivity (Wildman–Crippen MR) is 53.5 cm³/mol. The first-order chi connectivity index (χ1) is 5.65. The molecule has 0 bridgehead atoms. The molecule has 1 aromatic heterocycles. The van der Waals surface area contributed by atoms with Crippen molar-refractivity contribution in [3.63, 3.8) is 0 Å². The van der Waals surface area contributed by atoms with Gasteiger partial charge in [0.25, 0.3) is 0 Å². The summed E-state index contributed by atoms with van der Waals surface area (Å²) < 4.78 is 0. The monoisotopic (exact) mass is 184 g/mol. The standard InChI is InChI=1S/C9H16N2S/c1-6(2)9(10-4)8-5-11-7(3)12-8/h5-6,9-10H,1-4H3. The van der Waals surface area contributed by atoms with Crippen molar-refractivity contribution in [1.29, 1.82) is 0 Å². The number of aromatic nitrogens is 1. The highest BCUT2D eigenvalue weighted by Gasteiger charge is 2.15. The summed E-state index contributed by atoms with van der Waals surface area (Å²) in [6, 6.07) is 0.455. The van der Waals surface area contributed by atoms with Crippen LogP contribution < -0.4 is 5.32 Å². The largest absolute Gasteiger partial charge is 0.312 e. The minimum atomic E-state index is 0.455. The van der Waals surface area contributed by atoms with Gasteiger partial charge in [0.15, 0.2) is 0 Å². The molecule has 1 aromatic rings. The summed E-state index contributed by atoms with van der Waals surface area (Å²) in [5.41, 5.74) is 0. The topological polar surface area (TPSA) is 24.9 Å². The molecule has 0 amide bonds. The van der Waals surface area contributed by atoms with Gasteiger partial charge >= 0.3 is 0 Å². The fourth-order valence-electron chi connectivity index (χ4n) is 1.33. The molecule has 0 aliphatic heterocycles. The molecule has 0 saturated carbocycles. The lowest BCUT2D eigenvalue weighted by Gasteiger charge is -2.17. The van der Waals surface area contributed by atoms with Crippen LogP contribution in [0.25, 0.3) is 0 Å². The third kappa shape index (κ3) is 2.05. The van der Waals surface area contributed by atoms with Crippen LogP contribution in [0, 0.1) is 12.8 Å². The smallest absolute Gasteiger partial charge is 0.0897 e. The Balaban J connectivity index is 2.80. The van der Waals surface area contributed by atoms with E-state index in [-0.39, 0.29) is 0 Å². The Hall–Kier alpha value is -0.410. The van der Waals surface area contributed by atoms with Crippen molar-refractivity contribution in [2.75, 3.05) is 7.05 Å². The number of hydrogen-bond donors (Lipinski definition) is 1. The van der Waals surface area contributed by atoms with Crippen molar-refractivity contribution in [3.8, 4) is 0 Å². The van der Waals surface area contributed by atoms with Gasteiger partial charge < -0.3 is 5.32 Å². The van der Waals surface area contributed by atoms with Gasteiger partial charge in [0.2, 0.25) is 0 Å². The Labute approximate surface area is 78.0 Å². The second kappa shape index (κ2) is 4.01. The molecule has 0 aliphatic rings. The maximum atomic E-state index is 4.25. The van der Waals surface area contributed by atoms with E-state index in [9.17, 15) is 0 Å². The van der Waals surface area contributed by atoms with Crippen LogP contribution in [0.4, 0.5) is 0 Å². The third-order valence-electron chi connectivity index (χ3n) is 1.92. The maximum absolute atomic E-state index is 4.25. The SMILES string of the molecule is CNC(c1cnc(C)s1)C(C)C. The molecule has 3 heteroatoms. The normalized spacial score (nSPS) is 13.8. The van der Waals surface area contributed by atoms with Crippen molar-refractivity contribution < 1.29 is 0 Å². The van der Waals surface area contributed by atoms with Gasteiger partial charge in [-0.3, -0.25) is 0 Å². The molecule has 0 saturated heterocycles. The van der Waals surface area contributed by atoms with Gasteiger partial charge in [0, 0.05) is 17.1 Å². The average molecular weight is 184 g/mol. The van der Waals surface area contributed by atoms with Crippen LogP contribution in [-0.2, 0) is 0 Å². The van der Waals surface area contributed by atoms with Crippen LogP contribution in [-0.4, -0.2) is 12.0 Å². The molecule has 68 valence electrons. The Morgan fingerprint density at radius 1 is 1.50 bits per heavy atom. The van der Waals surface area contributed by atoms with Gasteiger partial charge in [0.1, 0.15) is 0 Å². The zero-order valence-electron chi connectivity index (χ0n) is 8.09. The summed E-state index contributed by atoms with van der Waals surface area (Å²) in [6.45, 7) is 6.48. The van der Waals surface area contributed by atoms with Gasteiger partial charge in [-0.25, -0.2) is 4.98 Å². The van der Waals surface area contributed by atoms with Crippen molar-refractivity contribution in [2.45, 2.75) is 26.8 Å². The van der Waals surface area contributed by atoms with E-state index < -0.39 is 0 Å². The fourth-order valence-corrected chi connectivity index (χ4v) is 2.39. The average Bonchev–Trinajstić information content (AvgIpc) is 2.37. The fraction of sp³-hybridized carbons (Fsp3) is 0.667. The molecular formula is C9H16N2S. The summed E-state index contributed by atoms with van der Waals surface area (Å²) in [4.78, 5) is 5.58. The van der Waals surface area contributed by atoms with Gasteiger partial charge in [-0.15, -0.1) is 11.3 Å². The molecule has 1 heterocycles. The van der Waals surface area contributed by atoms with Crippen molar-refractivity contribution in [1.82, 2.24) is 10.3 Å². The van der Waals surface area contributed by atoms with E-state index in [4.69, 9.17) is 0 Å². The quantitative estimate of drug-likeness (QED) is 0.780. The predicted octanol–water partition coefficient (Wildman–Crippen LogP) is 2.37. The molecule has 0 spiro atoms. The molecule has 1 unspecified atom stereocenters. The number of nitrogens with zero attached hydrogens (tertiary/aromatic N) is 1. The van der Waals surface area contributed by atoms with E-state index in [1.807, 2.05) is 20.2 Å². The van der Waals surface area contributed by atoms with E-state index in [2.05, 4.69) is 24.1 Å². The summed E-state index contributed by atoms with van der Waals surface area (Å²) in [5, 5.41) is 4.45. The molecule has 2 nitrogen and oxygen atoms in total. The van der Waals surface area contributed by atoms with Crippen LogP contribution >= 0.6 is 11.3 Å². The van der Waals surface area contributed by atoms with E-state index in [1.54, 1.807) is 11.3 Å². The lowest BCUT2D eigenvalue weighted by molar-refractivity contribution is 0.449. The van der Waals surface area contributed by atoms with Crippen LogP contribution in [0.5, 0.6) is 0 Å². The van der Waals surface area contributed by atoms with Crippen LogP contribution in [0.2, 0.25) is 0 Å². The Morgan fingerprint density at radius 2 is 2.17 bits per heavy atom. The van der Waals surface area contributed by atoms with Gasteiger partial charge in [0.05, 0.1) is 5.01 Å². The van der Waals surface area contributed by atoms with Crippen molar-refractivity contribution in [2.24, 2.45) is 5.92 Å². The number of hydrogen-bond acceptors (Lipinski definition) is 3. The van der Waals surface area contributed by atoms with Crippen LogP contribution in [0.1, 0.15) is 29.8 Å². The lowest BCUT2D eigenvalue weighted by atomic mass is 10.0. The molecule has 0 aromatic carbocycles. The Bertz CT molecular complexity index is 242. The molecular weight excluding hydrogens is 168 g/mol. The highest BCUT2D eigenvalue weighted by molar-refractivity contribution is 7.11. The first-order valence-electron chi connectivity index (χ1n) is 4.24. The molecule has 1 N–H and O–H groups in total. The molecule has 12 heavy (non-hydrogen) atoms. The third-order valence-corrected chi connectivity index (χ3v) is 2.92. The second-order valence-electron chi connectivity index (χ2n) is 3.29. The number of aryl methyl sites for hydroxylation is 1. The molecule has 1 rings (SSSR count). The van der Waals surface area contributed by atoms with Gasteiger partial charge in [-0.2, -0.15) is 0 Å². The maximum Gasteiger partial charge on any atom is 0.0897 e. The molecule has 1 atom stereocenters. The first-order valence-corrected chi connectivity index (χ1v) is 5.06. The van der Waals surface area contributed by atoms with E-state index >= 15 is 0 Å². The van der Waals surface area contributed by atoms with Crippen LogP contribution in [0.3, 0.4) is 0 Å². The zero-order valence-corrected chi connectivity index (χ0v) is 8.90. The summed E-state index contributed by atoms with van der Waals surface area (Å²) in [5.74, 6) is 0.620. The molecule has 0 radical (unpaired) electrons.